The second-order valence-corrected chi connectivity index (χ2v) is 10.0. The normalized spacial score (nSPS) is 18.3. The first-order chi connectivity index (χ1) is 17.2. The maximum absolute atomic E-state index is 14.2. The molecule has 4 aromatic heterocycles. The van der Waals surface area contributed by atoms with Crippen LogP contribution in [-0.4, -0.2) is 40.3 Å². The first kappa shape index (κ1) is 25.7. The van der Waals surface area contributed by atoms with Crippen LogP contribution in [0, 0.1) is 0 Å². The van der Waals surface area contributed by atoms with Crippen LogP contribution in [0.1, 0.15) is 44.5 Å². The highest BCUT2D eigenvalue weighted by molar-refractivity contribution is 7.59. The van der Waals surface area contributed by atoms with Gasteiger partial charge in [0.15, 0.2) is 5.82 Å². The van der Waals surface area contributed by atoms with Crippen LogP contribution in [0.2, 0.25) is 5.02 Å². The molecule has 5 heterocycles. The van der Waals surface area contributed by atoms with E-state index in [0.29, 0.717) is 36.1 Å². The lowest BCUT2D eigenvalue weighted by Crippen LogP contribution is -2.50. The fraction of sp³-hybridized carbons (Fsp3) is 0.417. The van der Waals surface area contributed by atoms with Crippen molar-refractivity contribution in [3.63, 3.8) is 0 Å². The smallest absolute Gasteiger partial charge is 0.344 e. The van der Waals surface area contributed by atoms with E-state index in [9.17, 15) is 13.2 Å². The predicted molar refractivity (Wildman–Crippen MR) is 139 cm³/mol. The van der Waals surface area contributed by atoms with Crippen LogP contribution < -0.4 is 5.32 Å². The number of anilines is 2. The van der Waals surface area contributed by atoms with Gasteiger partial charge in [-0.3, -0.25) is 4.68 Å². The maximum atomic E-state index is 14.2. The summed E-state index contributed by atoms with van der Waals surface area (Å²) in [7, 11) is 1.82. The van der Waals surface area contributed by atoms with Gasteiger partial charge in [0.25, 0.3) is 0 Å². The first-order valence-electron chi connectivity index (χ1n) is 11.8. The van der Waals surface area contributed by atoms with Gasteiger partial charge in [0.1, 0.15) is 22.9 Å². The average Bonchev–Trinajstić information content (AvgIpc) is 3.49. The lowest BCUT2D eigenvalue weighted by molar-refractivity contribution is -0.216. The van der Waals surface area contributed by atoms with Gasteiger partial charge in [-0.1, -0.05) is 18.0 Å². The molecule has 1 saturated carbocycles. The molecule has 2 aliphatic rings. The topological polar surface area (TPSA) is 78.4 Å². The lowest BCUT2D eigenvalue weighted by Gasteiger charge is -2.42. The molecule has 1 fully saturated rings. The highest BCUT2D eigenvalue weighted by atomic mass is 35.5. The van der Waals surface area contributed by atoms with Crippen LogP contribution >= 0.6 is 25.1 Å². The fourth-order valence-corrected chi connectivity index (χ4v) is 5.43. The largest absolute Gasteiger partial charge is 0.401 e. The summed E-state index contributed by atoms with van der Waals surface area (Å²) in [6.07, 6.45) is 2.14. The Labute approximate surface area is 223 Å². The van der Waals surface area contributed by atoms with Crippen molar-refractivity contribution in [2.24, 2.45) is 7.05 Å². The number of aryl methyl sites for hydroxylation is 2. The van der Waals surface area contributed by atoms with Crippen molar-refractivity contribution >= 4 is 36.7 Å². The van der Waals surface area contributed by atoms with Gasteiger partial charge in [-0.15, -0.1) is 10.2 Å². The number of pyridine rings is 1. The fourth-order valence-electron chi connectivity index (χ4n) is 5.22. The van der Waals surface area contributed by atoms with Crippen LogP contribution in [0.5, 0.6) is 0 Å². The molecule has 1 aliphatic carbocycles. The van der Waals surface area contributed by atoms with Crippen LogP contribution in [0.4, 0.5) is 24.8 Å². The van der Waals surface area contributed by atoms with Gasteiger partial charge in [0, 0.05) is 49.2 Å². The van der Waals surface area contributed by atoms with E-state index in [1.54, 1.807) is 21.6 Å². The van der Waals surface area contributed by atoms with Gasteiger partial charge < -0.3 is 14.5 Å². The molecular formula is C24H26ClF3N8S. The molecule has 37 heavy (non-hydrogen) atoms. The second kappa shape index (κ2) is 9.09. The molecule has 1 aliphatic heterocycles. The van der Waals surface area contributed by atoms with Crippen LogP contribution in [-0.2, 0) is 19.0 Å². The van der Waals surface area contributed by atoms with E-state index >= 15 is 0 Å². The van der Waals surface area contributed by atoms with E-state index < -0.39 is 11.6 Å². The van der Waals surface area contributed by atoms with Crippen molar-refractivity contribution < 1.29 is 13.2 Å². The number of halogens is 4. The number of hydrogen-bond donors (Lipinski definition) is 1. The minimum atomic E-state index is -4.37. The molecule has 1 N–H and O–H groups in total. The first-order valence-corrected chi connectivity index (χ1v) is 12.2. The van der Waals surface area contributed by atoms with Gasteiger partial charge in [-0.05, 0) is 38.3 Å². The number of nitrogens with zero attached hydrogens (tertiary/aromatic N) is 7. The Hall–Kier alpha value is -2.99. The predicted octanol–water partition coefficient (Wildman–Crippen LogP) is 6.00. The molecule has 8 nitrogen and oxygen atoms in total. The minimum Gasteiger partial charge on any atom is -0.344 e. The van der Waals surface area contributed by atoms with Crippen LogP contribution in [0.25, 0.3) is 22.6 Å². The van der Waals surface area contributed by atoms with Crippen LogP contribution in [0.15, 0.2) is 36.8 Å². The maximum Gasteiger partial charge on any atom is 0.401 e. The summed E-state index contributed by atoms with van der Waals surface area (Å²) in [6.45, 7) is 2.57. The lowest BCUT2D eigenvalue weighted by atomic mass is 9.67. The quantitative estimate of drug-likeness (QED) is 0.337. The zero-order chi connectivity index (χ0) is 25.2. The molecule has 0 unspecified atom stereocenters. The van der Waals surface area contributed by atoms with Crippen molar-refractivity contribution in [1.29, 1.82) is 0 Å². The Morgan fingerprint density at radius 3 is 2.62 bits per heavy atom. The number of alkyl halides is 3. The third kappa shape index (κ3) is 4.01. The molecular weight excluding hydrogens is 525 g/mol. The molecule has 196 valence electrons. The second-order valence-electron chi connectivity index (χ2n) is 9.61. The molecule has 6 rings (SSSR count). The van der Waals surface area contributed by atoms with E-state index in [1.807, 2.05) is 42.9 Å². The summed E-state index contributed by atoms with van der Waals surface area (Å²) in [5, 5.41) is 16.3. The molecule has 0 radical (unpaired) electrons. The van der Waals surface area contributed by atoms with Gasteiger partial charge in [-0.2, -0.15) is 31.8 Å². The molecule has 0 amide bonds. The van der Waals surface area contributed by atoms with E-state index in [0.717, 1.165) is 22.6 Å². The van der Waals surface area contributed by atoms with Crippen molar-refractivity contribution in [3.8, 4) is 22.6 Å². The van der Waals surface area contributed by atoms with Crippen molar-refractivity contribution in [2.75, 3.05) is 5.32 Å². The minimum absolute atomic E-state index is 0. The van der Waals surface area contributed by atoms with Gasteiger partial charge >= 0.3 is 6.18 Å². The summed E-state index contributed by atoms with van der Waals surface area (Å²) in [6, 6.07) is 5.43. The molecule has 1 atom stereocenters. The molecule has 0 bridgehead atoms. The summed E-state index contributed by atoms with van der Waals surface area (Å²) < 4.78 is 47.9. The molecule has 0 aromatic carbocycles. The molecule has 0 spiro atoms. The van der Waals surface area contributed by atoms with E-state index in [4.69, 9.17) is 11.6 Å². The van der Waals surface area contributed by atoms with Crippen molar-refractivity contribution in [1.82, 2.24) is 34.1 Å². The highest BCUT2D eigenvalue weighted by Crippen LogP contribution is 2.55. The number of rotatable bonds is 4. The standard InChI is InChI=1S/C24H24ClF3N8.H2S/c1-14-5-9-35-13-15(16-11-19(29-12-17(16)25)31-20-4-8-30-34(20)2)10-18(35)21-32-33-22(36(14)21)23(6-3-7-23)24(26,27)28;/h4,8,10-14H,3,5-7,9H2,1-2H3,(H,29,31);1H2/t14-;/m0./s1. The number of aromatic nitrogens is 7. The zero-order valence-electron chi connectivity index (χ0n) is 20.2. The number of nitrogens with one attached hydrogen (secondary N) is 1. The Bertz CT molecular complexity index is 1450. The summed E-state index contributed by atoms with van der Waals surface area (Å²) in [5.74, 6) is 1.85. The Balaban J connectivity index is 0.00000280. The monoisotopic (exact) mass is 550 g/mol. The Kier molecular flexibility index (Phi) is 6.30. The molecule has 13 heteroatoms. The molecule has 4 aromatic rings. The third-order valence-electron chi connectivity index (χ3n) is 7.47. The average molecular weight is 551 g/mol. The van der Waals surface area contributed by atoms with Gasteiger partial charge in [0.2, 0.25) is 0 Å². The van der Waals surface area contributed by atoms with E-state index in [-0.39, 0.29) is 38.2 Å². The van der Waals surface area contributed by atoms with E-state index in [1.165, 1.54) is 0 Å². The Morgan fingerprint density at radius 2 is 1.97 bits per heavy atom. The number of fused-ring (bicyclic) bond motifs is 3. The SMILES string of the molecule is C[C@H]1CCn2cc(-c3cc(Nc4ccnn4C)ncc3Cl)cc2-c2nnc(C3(C(F)(F)F)CCC3)n21.S. The van der Waals surface area contributed by atoms with Gasteiger partial charge in [0.05, 0.1) is 16.9 Å². The van der Waals surface area contributed by atoms with Crippen molar-refractivity contribution in [3.05, 3.63) is 47.6 Å². The van der Waals surface area contributed by atoms with E-state index in [2.05, 4.69) is 25.6 Å². The highest BCUT2D eigenvalue weighted by Gasteiger charge is 2.62. The van der Waals surface area contributed by atoms with Gasteiger partial charge in [-0.25, -0.2) is 4.98 Å². The summed E-state index contributed by atoms with van der Waals surface area (Å²) in [4.78, 5) is 4.37. The van der Waals surface area contributed by atoms with Crippen LogP contribution in [0.3, 0.4) is 0 Å². The Morgan fingerprint density at radius 1 is 1.19 bits per heavy atom. The summed E-state index contributed by atoms with van der Waals surface area (Å²) in [5.41, 5.74) is 0.379. The summed E-state index contributed by atoms with van der Waals surface area (Å²) >= 11 is 6.53. The molecule has 0 saturated heterocycles. The number of hydrogen-bond acceptors (Lipinski definition) is 5. The van der Waals surface area contributed by atoms with Crippen molar-refractivity contribution in [2.45, 2.75) is 56.8 Å². The third-order valence-corrected chi connectivity index (χ3v) is 7.77. The zero-order valence-corrected chi connectivity index (χ0v) is 22.0.